The molecule has 1 amide bonds. The normalized spacial score (nSPS) is 13.9. The Hall–Kier alpha value is -2.74. The van der Waals surface area contributed by atoms with Crippen LogP contribution in [0.5, 0.6) is 0 Å². The second-order valence-corrected chi connectivity index (χ2v) is 7.01. The second kappa shape index (κ2) is 6.53. The zero-order chi connectivity index (χ0) is 18.3. The van der Waals surface area contributed by atoms with E-state index in [2.05, 4.69) is 9.69 Å². The lowest BCUT2D eigenvalue weighted by atomic mass is 10.1. The van der Waals surface area contributed by atoms with Crippen molar-refractivity contribution in [1.29, 1.82) is 0 Å². The van der Waals surface area contributed by atoms with Crippen LogP contribution in [-0.2, 0) is 17.8 Å². The van der Waals surface area contributed by atoms with E-state index < -0.39 is 5.69 Å². The summed E-state index contributed by atoms with van der Waals surface area (Å²) >= 11 is 1.11. The van der Waals surface area contributed by atoms with Crippen LogP contribution in [0.25, 0.3) is 11.0 Å². The third kappa shape index (κ3) is 2.86. The predicted molar refractivity (Wildman–Crippen MR) is 101 cm³/mol. The van der Waals surface area contributed by atoms with Gasteiger partial charge in [0.25, 0.3) is 5.56 Å². The Balaban J connectivity index is 1.71. The Morgan fingerprint density at radius 1 is 1.31 bits per heavy atom. The fourth-order valence-corrected chi connectivity index (χ4v) is 3.77. The van der Waals surface area contributed by atoms with E-state index in [-0.39, 0.29) is 29.6 Å². The van der Waals surface area contributed by atoms with Crippen LogP contribution in [-0.4, -0.2) is 19.4 Å². The maximum Gasteiger partial charge on any atom is 0.332 e. The number of carbonyl (C=O) groups is 1. The van der Waals surface area contributed by atoms with Gasteiger partial charge in [-0.05, 0) is 42.4 Å². The standard InChI is InChI=1S/C18H18N4O3S/c1-2-11-5-3-4-6-13(11)19-15(23)9-21-14-10-26-20-16(14)17(24)22(18(21)25)12-7-8-12/h3-6,10,12H,2,7-9H2,1H3,(H,19,23). The molecule has 3 aromatic rings. The Labute approximate surface area is 153 Å². The molecule has 2 heterocycles. The maximum atomic E-state index is 12.8. The minimum atomic E-state index is -0.441. The van der Waals surface area contributed by atoms with E-state index in [0.717, 1.165) is 42.0 Å². The van der Waals surface area contributed by atoms with Crippen LogP contribution < -0.4 is 16.6 Å². The van der Waals surface area contributed by atoms with E-state index in [1.54, 1.807) is 5.38 Å². The molecule has 1 aliphatic rings. The lowest BCUT2D eigenvalue weighted by Crippen LogP contribution is -2.41. The summed E-state index contributed by atoms with van der Waals surface area (Å²) in [6.07, 6.45) is 2.41. The van der Waals surface area contributed by atoms with Gasteiger partial charge in [-0.1, -0.05) is 25.1 Å². The lowest BCUT2D eigenvalue weighted by Gasteiger charge is -2.13. The maximum absolute atomic E-state index is 12.8. The molecule has 8 heteroatoms. The van der Waals surface area contributed by atoms with Crippen molar-refractivity contribution in [3.63, 3.8) is 0 Å². The Morgan fingerprint density at radius 2 is 2.08 bits per heavy atom. The third-order valence-electron chi connectivity index (χ3n) is 4.59. The molecule has 0 atom stereocenters. The number of hydrogen-bond donors (Lipinski definition) is 1. The first-order chi connectivity index (χ1) is 12.6. The van der Waals surface area contributed by atoms with Gasteiger partial charge < -0.3 is 5.32 Å². The summed E-state index contributed by atoms with van der Waals surface area (Å²) < 4.78 is 6.72. The molecule has 26 heavy (non-hydrogen) atoms. The first-order valence-electron chi connectivity index (χ1n) is 8.57. The zero-order valence-electron chi connectivity index (χ0n) is 14.3. The number of anilines is 1. The van der Waals surface area contributed by atoms with Crippen LogP contribution >= 0.6 is 11.5 Å². The van der Waals surface area contributed by atoms with Crippen LogP contribution in [0.3, 0.4) is 0 Å². The van der Waals surface area contributed by atoms with Crippen LogP contribution in [0.1, 0.15) is 31.4 Å². The quantitative estimate of drug-likeness (QED) is 0.746. The number of nitrogens with one attached hydrogen (secondary N) is 1. The van der Waals surface area contributed by atoms with Crippen LogP contribution in [0.4, 0.5) is 5.69 Å². The number of rotatable bonds is 5. The summed E-state index contributed by atoms with van der Waals surface area (Å²) in [6.45, 7) is 1.86. The summed E-state index contributed by atoms with van der Waals surface area (Å²) in [7, 11) is 0. The van der Waals surface area contributed by atoms with Crippen LogP contribution in [0.15, 0.2) is 39.2 Å². The monoisotopic (exact) mass is 370 g/mol. The number of nitrogens with zero attached hydrogens (tertiary/aromatic N) is 3. The molecule has 2 aromatic heterocycles. The van der Waals surface area contributed by atoms with E-state index in [0.29, 0.717) is 5.52 Å². The van der Waals surface area contributed by atoms with Gasteiger partial charge in [0.2, 0.25) is 5.91 Å². The van der Waals surface area contributed by atoms with E-state index in [9.17, 15) is 14.4 Å². The van der Waals surface area contributed by atoms with Gasteiger partial charge in [-0.3, -0.25) is 18.7 Å². The molecule has 134 valence electrons. The summed E-state index contributed by atoms with van der Waals surface area (Å²) in [5, 5.41) is 4.51. The molecule has 0 aliphatic heterocycles. The van der Waals surface area contributed by atoms with Crippen molar-refractivity contribution in [3.8, 4) is 0 Å². The van der Waals surface area contributed by atoms with Gasteiger partial charge in [0.05, 0.1) is 5.52 Å². The highest BCUT2D eigenvalue weighted by molar-refractivity contribution is 7.04. The van der Waals surface area contributed by atoms with Gasteiger partial charge in [0.1, 0.15) is 6.54 Å². The molecule has 1 N–H and O–H groups in total. The van der Waals surface area contributed by atoms with Gasteiger partial charge in [0, 0.05) is 17.1 Å². The highest BCUT2D eigenvalue weighted by Crippen LogP contribution is 2.32. The van der Waals surface area contributed by atoms with E-state index >= 15 is 0 Å². The number of para-hydroxylation sites is 1. The van der Waals surface area contributed by atoms with Crippen molar-refractivity contribution in [3.05, 3.63) is 56.0 Å². The number of carbonyl (C=O) groups excluding carboxylic acids is 1. The number of amides is 1. The number of hydrogen-bond acceptors (Lipinski definition) is 5. The number of benzene rings is 1. The number of aromatic nitrogens is 3. The molecule has 1 aromatic carbocycles. The molecule has 1 saturated carbocycles. The molecule has 0 unspecified atom stereocenters. The fraction of sp³-hybridized carbons (Fsp3) is 0.333. The van der Waals surface area contributed by atoms with Crippen molar-refractivity contribution in [2.45, 2.75) is 38.8 Å². The van der Waals surface area contributed by atoms with E-state index in [4.69, 9.17) is 0 Å². The minimum absolute atomic E-state index is 0.0729. The van der Waals surface area contributed by atoms with Gasteiger partial charge >= 0.3 is 5.69 Å². The molecule has 1 aliphatic carbocycles. The van der Waals surface area contributed by atoms with Crippen LogP contribution in [0.2, 0.25) is 0 Å². The molecule has 0 bridgehead atoms. The van der Waals surface area contributed by atoms with E-state index in [1.165, 1.54) is 9.13 Å². The summed E-state index contributed by atoms with van der Waals surface area (Å²) in [6, 6.07) is 7.50. The highest BCUT2D eigenvalue weighted by atomic mass is 32.1. The SMILES string of the molecule is CCc1ccccc1NC(=O)Cn1c(=O)n(C2CC2)c(=O)c2nscc21. The Kier molecular flexibility index (Phi) is 4.20. The Morgan fingerprint density at radius 3 is 2.81 bits per heavy atom. The molecular weight excluding hydrogens is 352 g/mol. The topological polar surface area (TPSA) is 86.0 Å². The van der Waals surface area contributed by atoms with Crippen molar-refractivity contribution < 1.29 is 4.79 Å². The summed E-state index contributed by atoms with van der Waals surface area (Å²) in [4.78, 5) is 37.9. The fourth-order valence-electron chi connectivity index (χ4n) is 3.10. The van der Waals surface area contributed by atoms with Gasteiger partial charge in [-0.15, -0.1) is 0 Å². The second-order valence-electron chi connectivity index (χ2n) is 6.38. The molecular formula is C18H18N4O3S. The molecule has 1 fully saturated rings. The van der Waals surface area contributed by atoms with E-state index in [1.807, 2.05) is 31.2 Å². The predicted octanol–water partition coefficient (Wildman–Crippen LogP) is 2.16. The first kappa shape index (κ1) is 16.7. The first-order valence-corrected chi connectivity index (χ1v) is 9.41. The average Bonchev–Trinajstić information content (AvgIpc) is 3.34. The van der Waals surface area contributed by atoms with Crippen molar-refractivity contribution >= 4 is 34.2 Å². The summed E-state index contributed by atoms with van der Waals surface area (Å²) in [5.41, 5.74) is 1.64. The van der Waals surface area contributed by atoms with Gasteiger partial charge in [0.15, 0.2) is 5.52 Å². The molecule has 0 spiro atoms. The number of fused-ring (bicyclic) bond motifs is 1. The van der Waals surface area contributed by atoms with Crippen molar-refractivity contribution in [1.82, 2.24) is 13.5 Å². The smallest absolute Gasteiger partial charge is 0.324 e. The highest BCUT2D eigenvalue weighted by Gasteiger charge is 2.29. The lowest BCUT2D eigenvalue weighted by molar-refractivity contribution is -0.116. The average molecular weight is 370 g/mol. The van der Waals surface area contributed by atoms with Gasteiger partial charge in [-0.2, -0.15) is 4.37 Å². The zero-order valence-corrected chi connectivity index (χ0v) is 15.1. The molecule has 4 rings (SSSR count). The third-order valence-corrected chi connectivity index (χ3v) is 5.20. The van der Waals surface area contributed by atoms with Crippen molar-refractivity contribution in [2.75, 3.05) is 5.32 Å². The Bertz CT molecular complexity index is 1110. The molecule has 0 saturated heterocycles. The largest absolute Gasteiger partial charge is 0.332 e. The van der Waals surface area contributed by atoms with Crippen molar-refractivity contribution in [2.24, 2.45) is 0 Å². The van der Waals surface area contributed by atoms with Crippen LogP contribution in [0, 0.1) is 0 Å². The minimum Gasteiger partial charge on any atom is -0.324 e. The number of aryl methyl sites for hydroxylation is 1. The van der Waals surface area contributed by atoms with Gasteiger partial charge in [-0.25, -0.2) is 4.79 Å². The summed E-state index contributed by atoms with van der Waals surface area (Å²) in [5.74, 6) is -0.304. The molecule has 0 radical (unpaired) electrons. The molecule has 7 nitrogen and oxygen atoms in total.